The van der Waals surface area contributed by atoms with Crippen molar-refractivity contribution in [1.82, 2.24) is 5.32 Å². The highest BCUT2D eigenvalue weighted by molar-refractivity contribution is 6.11. The van der Waals surface area contributed by atoms with Crippen molar-refractivity contribution in [1.29, 1.82) is 0 Å². The zero-order valence-corrected chi connectivity index (χ0v) is 14.8. The average molecular weight is 325 g/mol. The third kappa shape index (κ3) is 2.49. The quantitative estimate of drug-likeness (QED) is 0.838. The molecule has 4 rings (SSSR count). The summed E-state index contributed by atoms with van der Waals surface area (Å²) in [7, 11) is 0. The number of piperidine rings is 1. The second-order valence-corrected chi connectivity index (χ2v) is 8.20. The monoisotopic (exact) mass is 325 g/mol. The van der Waals surface area contributed by atoms with Crippen LogP contribution < -0.4 is 5.32 Å². The number of amides is 1. The van der Waals surface area contributed by atoms with Gasteiger partial charge >= 0.3 is 0 Å². The van der Waals surface area contributed by atoms with Crippen LogP contribution in [-0.2, 0) is 9.59 Å². The Bertz CT molecular complexity index is 673. The molecule has 1 unspecified atom stereocenters. The summed E-state index contributed by atoms with van der Waals surface area (Å²) >= 11 is 0. The van der Waals surface area contributed by atoms with Crippen LogP contribution in [0.2, 0.25) is 0 Å². The molecule has 3 aliphatic rings. The lowest BCUT2D eigenvalue weighted by Gasteiger charge is -2.42. The van der Waals surface area contributed by atoms with Crippen molar-refractivity contribution in [3.8, 4) is 0 Å². The average Bonchev–Trinajstić information content (AvgIpc) is 3.40. The maximum atomic E-state index is 13.4. The van der Waals surface area contributed by atoms with E-state index in [0.29, 0.717) is 12.5 Å². The van der Waals surface area contributed by atoms with E-state index in [1.807, 2.05) is 0 Å². The number of hydrogen-bond acceptors (Lipinski definition) is 2. The molecule has 1 saturated heterocycles. The molecule has 1 aromatic rings. The Hall–Kier alpha value is -1.64. The molecule has 3 nitrogen and oxygen atoms in total. The first kappa shape index (κ1) is 15.9. The Morgan fingerprint density at radius 3 is 2.21 bits per heavy atom. The number of rotatable bonds is 2. The maximum absolute atomic E-state index is 13.4. The Balaban J connectivity index is 1.73. The molecule has 24 heavy (non-hydrogen) atoms. The van der Waals surface area contributed by atoms with Crippen LogP contribution in [0.4, 0.5) is 0 Å². The number of carbonyl (C=O) groups excluding carboxylic acids is 2. The fourth-order valence-electron chi connectivity index (χ4n) is 4.90. The molecule has 1 aromatic carbocycles. The molecule has 0 aromatic heterocycles. The number of carbonyl (C=O) groups is 2. The number of benzene rings is 1. The molecule has 0 radical (unpaired) electrons. The van der Waals surface area contributed by atoms with E-state index in [-0.39, 0.29) is 17.1 Å². The van der Waals surface area contributed by atoms with Gasteiger partial charge in [-0.15, -0.1) is 0 Å². The standard InChI is InChI=1S/C21H27NO2/c1-13-10-16(15-6-7-15)11-14(2)17(13)18-19(23)21(12-22-20(18)24)8-4-3-5-9-21/h10-11,15,18H,3-9,12H2,1-2H3,(H,22,24). The molecule has 1 heterocycles. The molecule has 2 aliphatic carbocycles. The van der Waals surface area contributed by atoms with Crippen LogP contribution in [0, 0.1) is 19.3 Å². The minimum atomic E-state index is -0.606. The highest BCUT2D eigenvalue weighted by atomic mass is 16.2. The van der Waals surface area contributed by atoms with Gasteiger partial charge in [-0.3, -0.25) is 9.59 Å². The van der Waals surface area contributed by atoms with Gasteiger partial charge in [-0.2, -0.15) is 0 Å². The van der Waals surface area contributed by atoms with Crippen LogP contribution in [0.25, 0.3) is 0 Å². The van der Waals surface area contributed by atoms with Gasteiger partial charge in [-0.05, 0) is 67.7 Å². The SMILES string of the molecule is Cc1cc(C2CC2)cc(C)c1C1C(=O)NCC2(CCCCC2)C1=O. The van der Waals surface area contributed by atoms with Crippen LogP contribution in [0.5, 0.6) is 0 Å². The number of hydrogen-bond donors (Lipinski definition) is 1. The summed E-state index contributed by atoms with van der Waals surface area (Å²) < 4.78 is 0. The highest BCUT2D eigenvalue weighted by Gasteiger charge is 2.49. The minimum Gasteiger partial charge on any atom is -0.354 e. The van der Waals surface area contributed by atoms with Gasteiger partial charge in [0.05, 0.1) is 0 Å². The van der Waals surface area contributed by atoms with Crippen molar-refractivity contribution in [2.24, 2.45) is 5.41 Å². The van der Waals surface area contributed by atoms with Crippen molar-refractivity contribution in [3.63, 3.8) is 0 Å². The van der Waals surface area contributed by atoms with Crippen LogP contribution in [0.3, 0.4) is 0 Å². The summed E-state index contributed by atoms with van der Waals surface area (Å²) in [6, 6.07) is 4.42. The fourth-order valence-corrected chi connectivity index (χ4v) is 4.90. The van der Waals surface area contributed by atoms with Gasteiger partial charge in [0.1, 0.15) is 5.92 Å². The van der Waals surface area contributed by atoms with Gasteiger partial charge in [0.2, 0.25) is 5.91 Å². The minimum absolute atomic E-state index is 0.0958. The van der Waals surface area contributed by atoms with Crippen LogP contribution in [-0.4, -0.2) is 18.2 Å². The Labute approximate surface area is 144 Å². The fraction of sp³-hybridized carbons (Fsp3) is 0.619. The molecule has 1 atom stereocenters. The van der Waals surface area contributed by atoms with Gasteiger partial charge in [-0.1, -0.05) is 31.4 Å². The van der Waals surface area contributed by atoms with Crippen LogP contribution in [0.1, 0.15) is 79.0 Å². The molecule has 1 amide bonds. The lowest BCUT2D eigenvalue weighted by atomic mass is 9.64. The molecule has 3 heteroatoms. The third-order valence-corrected chi connectivity index (χ3v) is 6.41. The molecule has 1 N–H and O–H groups in total. The largest absolute Gasteiger partial charge is 0.354 e. The van der Waals surface area contributed by atoms with E-state index < -0.39 is 5.92 Å². The molecule has 128 valence electrons. The summed E-state index contributed by atoms with van der Waals surface area (Å²) in [5.74, 6) is 0.167. The summed E-state index contributed by atoms with van der Waals surface area (Å²) in [5.41, 5.74) is 4.25. The number of ketones is 1. The predicted molar refractivity (Wildman–Crippen MR) is 94.2 cm³/mol. The van der Waals surface area contributed by atoms with E-state index in [0.717, 1.165) is 42.4 Å². The van der Waals surface area contributed by atoms with E-state index in [9.17, 15) is 9.59 Å². The first-order chi connectivity index (χ1) is 11.5. The summed E-state index contributed by atoms with van der Waals surface area (Å²) in [6.07, 6.45) is 7.82. The Kier molecular flexibility index (Phi) is 3.78. The summed E-state index contributed by atoms with van der Waals surface area (Å²) in [6.45, 7) is 4.67. The van der Waals surface area contributed by atoms with Crippen molar-refractivity contribution < 1.29 is 9.59 Å². The first-order valence-corrected chi connectivity index (χ1v) is 9.45. The molecule has 1 spiro atoms. The molecular formula is C21H27NO2. The maximum Gasteiger partial charge on any atom is 0.235 e. The van der Waals surface area contributed by atoms with Crippen molar-refractivity contribution in [2.75, 3.05) is 6.54 Å². The van der Waals surface area contributed by atoms with Crippen molar-refractivity contribution in [3.05, 3.63) is 34.4 Å². The third-order valence-electron chi connectivity index (χ3n) is 6.41. The van der Waals surface area contributed by atoms with Crippen molar-refractivity contribution >= 4 is 11.7 Å². The summed E-state index contributed by atoms with van der Waals surface area (Å²) in [4.78, 5) is 26.0. The van der Waals surface area contributed by atoms with Gasteiger partial charge < -0.3 is 5.32 Å². The Morgan fingerprint density at radius 1 is 1.00 bits per heavy atom. The Morgan fingerprint density at radius 2 is 1.62 bits per heavy atom. The normalized spacial score (nSPS) is 26.5. The van der Waals surface area contributed by atoms with E-state index in [1.165, 1.54) is 24.8 Å². The van der Waals surface area contributed by atoms with Crippen molar-refractivity contribution in [2.45, 2.75) is 70.6 Å². The van der Waals surface area contributed by atoms with Gasteiger partial charge in [0, 0.05) is 12.0 Å². The number of nitrogens with one attached hydrogen (secondary N) is 1. The summed E-state index contributed by atoms with van der Waals surface area (Å²) in [5, 5.41) is 3.07. The lowest BCUT2D eigenvalue weighted by molar-refractivity contribution is -0.142. The van der Waals surface area contributed by atoms with Crippen LogP contribution in [0.15, 0.2) is 12.1 Å². The van der Waals surface area contributed by atoms with E-state index in [1.54, 1.807) is 0 Å². The van der Waals surface area contributed by atoms with Crippen LogP contribution >= 0.6 is 0 Å². The van der Waals surface area contributed by atoms with Gasteiger partial charge in [0.25, 0.3) is 0 Å². The molecule has 2 saturated carbocycles. The second-order valence-electron chi connectivity index (χ2n) is 8.20. The highest BCUT2D eigenvalue weighted by Crippen LogP contribution is 2.46. The van der Waals surface area contributed by atoms with Gasteiger partial charge in [-0.25, -0.2) is 0 Å². The zero-order valence-electron chi connectivity index (χ0n) is 14.8. The van der Waals surface area contributed by atoms with E-state index in [2.05, 4.69) is 31.3 Å². The lowest BCUT2D eigenvalue weighted by Crippen LogP contribution is -2.55. The topological polar surface area (TPSA) is 46.2 Å². The molecular weight excluding hydrogens is 298 g/mol. The first-order valence-electron chi connectivity index (χ1n) is 9.45. The molecule has 0 bridgehead atoms. The molecule has 3 fully saturated rings. The predicted octanol–water partition coefficient (Wildman–Crippen LogP) is 3.91. The number of Topliss-reactive ketones (excluding diaryl/α,β-unsaturated/α-hetero) is 1. The zero-order chi connectivity index (χ0) is 16.9. The second kappa shape index (κ2) is 5.72. The molecule has 1 aliphatic heterocycles. The van der Waals surface area contributed by atoms with E-state index >= 15 is 0 Å². The van der Waals surface area contributed by atoms with E-state index in [4.69, 9.17) is 0 Å². The number of aryl methyl sites for hydroxylation is 2. The smallest absolute Gasteiger partial charge is 0.235 e. The van der Waals surface area contributed by atoms with Gasteiger partial charge in [0.15, 0.2) is 5.78 Å².